The molecule has 0 spiro atoms. The van der Waals surface area contributed by atoms with E-state index in [0.717, 1.165) is 40.1 Å². The van der Waals surface area contributed by atoms with Crippen molar-refractivity contribution in [2.24, 2.45) is 5.92 Å². The Hall–Kier alpha value is -1.96. The first-order valence-electron chi connectivity index (χ1n) is 9.22. The number of aliphatic hydroxyl groups excluding tert-OH is 1. The Balaban J connectivity index is 1.74. The van der Waals surface area contributed by atoms with Gasteiger partial charge in [0.25, 0.3) is 0 Å². The van der Waals surface area contributed by atoms with Gasteiger partial charge in [-0.1, -0.05) is 23.7 Å². The fraction of sp³-hybridized carbons (Fsp3) is 0.421. The molecule has 1 fully saturated rings. The van der Waals surface area contributed by atoms with Gasteiger partial charge in [-0.15, -0.1) is 11.3 Å². The van der Waals surface area contributed by atoms with Crippen molar-refractivity contribution in [3.05, 3.63) is 29.4 Å². The lowest BCUT2D eigenvalue weighted by atomic mass is 10.1. The molecule has 0 unspecified atom stereocenters. The number of para-hydroxylation sites is 1. The second-order valence-electron chi connectivity index (χ2n) is 6.78. The molecule has 1 aromatic carbocycles. The molecule has 1 aliphatic rings. The van der Waals surface area contributed by atoms with Crippen molar-refractivity contribution in [2.75, 3.05) is 23.8 Å². The van der Waals surface area contributed by atoms with Gasteiger partial charge in [0, 0.05) is 19.2 Å². The SMILES string of the molecule is CCNc1nc(Cl)c(-c2nc3ccccc3s2)c(N[C@H]2CC[C@@H](CO)C2)n1. The normalized spacial score (nSPS) is 19.5. The van der Waals surface area contributed by atoms with E-state index in [4.69, 9.17) is 16.6 Å². The molecule has 0 saturated heterocycles. The molecule has 4 rings (SSSR count). The van der Waals surface area contributed by atoms with Gasteiger partial charge in [-0.25, -0.2) is 9.97 Å². The number of hydrogen-bond donors (Lipinski definition) is 3. The highest BCUT2D eigenvalue weighted by atomic mass is 35.5. The van der Waals surface area contributed by atoms with Crippen LogP contribution in [0.25, 0.3) is 20.8 Å². The molecule has 0 radical (unpaired) electrons. The Labute approximate surface area is 167 Å². The molecule has 1 saturated carbocycles. The topological polar surface area (TPSA) is 83.0 Å². The fourth-order valence-electron chi connectivity index (χ4n) is 3.51. The molecule has 3 aromatic rings. The third-order valence-electron chi connectivity index (χ3n) is 4.85. The molecule has 1 aliphatic carbocycles. The highest BCUT2D eigenvalue weighted by molar-refractivity contribution is 7.21. The van der Waals surface area contributed by atoms with Crippen molar-refractivity contribution in [2.45, 2.75) is 32.2 Å². The number of halogens is 1. The summed E-state index contributed by atoms with van der Waals surface area (Å²) in [6.07, 6.45) is 2.94. The van der Waals surface area contributed by atoms with Crippen molar-refractivity contribution in [1.29, 1.82) is 0 Å². The molecule has 27 heavy (non-hydrogen) atoms. The van der Waals surface area contributed by atoms with Crippen LogP contribution in [0, 0.1) is 5.92 Å². The van der Waals surface area contributed by atoms with Gasteiger partial charge in [-0.3, -0.25) is 0 Å². The molecular weight excluding hydrogens is 382 g/mol. The third kappa shape index (κ3) is 3.85. The van der Waals surface area contributed by atoms with Gasteiger partial charge in [-0.2, -0.15) is 4.98 Å². The quantitative estimate of drug-likeness (QED) is 0.529. The van der Waals surface area contributed by atoms with Gasteiger partial charge in [0.1, 0.15) is 16.0 Å². The maximum atomic E-state index is 9.43. The lowest BCUT2D eigenvalue weighted by Gasteiger charge is -2.17. The number of anilines is 2. The van der Waals surface area contributed by atoms with Crippen LogP contribution >= 0.6 is 22.9 Å². The van der Waals surface area contributed by atoms with Crippen LogP contribution in [0.4, 0.5) is 11.8 Å². The summed E-state index contributed by atoms with van der Waals surface area (Å²) in [5.74, 6) is 1.55. The van der Waals surface area contributed by atoms with Crippen LogP contribution in [0.2, 0.25) is 5.15 Å². The maximum absolute atomic E-state index is 9.43. The second kappa shape index (κ2) is 7.96. The van der Waals surface area contributed by atoms with Gasteiger partial charge in [0.2, 0.25) is 5.95 Å². The van der Waals surface area contributed by atoms with Crippen LogP contribution in [-0.2, 0) is 0 Å². The molecule has 142 valence electrons. The summed E-state index contributed by atoms with van der Waals surface area (Å²) in [5.41, 5.74) is 1.68. The summed E-state index contributed by atoms with van der Waals surface area (Å²) in [6.45, 7) is 2.94. The average molecular weight is 404 g/mol. The molecule has 0 bridgehead atoms. The first-order chi connectivity index (χ1) is 13.2. The summed E-state index contributed by atoms with van der Waals surface area (Å²) in [4.78, 5) is 13.8. The van der Waals surface area contributed by atoms with Crippen LogP contribution in [0.3, 0.4) is 0 Å². The van der Waals surface area contributed by atoms with Crippen LogP contribution in [0.5, 0.6) is 0 Å². The third-order valence-corrected chi connectivity index (χ3v) is 6.18. The minimum absolute atomic E-state index is 0.232. The van der Waals surface area contributed by atoms with E-state index in [0.29, 0.717) is 29.4 Å². The van der Waals surface area contributed by atoms with Crippen molar-refractivity contribution < 1.29 is 5.11 Å². The number of nitrogens with one attached hydrogen (secondary N) is 2. The van der Waals surface area contributed by atoms with Gasteiger partial charge >= 0.3 is 0 Å². The minimum Gasteiger partial charge on any atom is -0.396 e. The number of nitrogens with zero attached hydrogens (tertiary/aromatic N) is 3. The van der Waals surface area contributed by atoms with Crippen LogP contribution in [0.15, 0.2) is 24.3 Å². The Morgan fingerprint density at radius 2 is 2.07 bits per heavy atom. The summed E-state index contributed by atoms with van der Waals surface area (Å²) in [7, 11) is 0. The number of aliphatic hydroxyl groups is 1. The highest BCUT2D eigenvalue weighted by Gasteiger charge is 2.27. The molecule has 0 amide bonds. The zero-order valence-electron chi connectivity index (χ0n) is 15.1. The largest absolute Gasteiger partial charge is 0.396 e. The van der Waals surface area contributed by atoms with Crippen LogP contribution in [0.1, 0.15) is 26.2 Å². The molecule has 6 nitrogen and oxygen atoms in total. The van der Waals surface area contributed by atoms with Crippen molar-refractivity contribution in [3.8, 4) is 10.6 Å². The summed E-state index contributed by atoms with van der Waals surface area (Å²) >= 11 is 8.15. The van der Waals surface area contributed by atoms with E-state index in [2.05, 4.69) is 20.6 Å². The number of thiazole rings is 1. The lowest BCUT2D eigenvalue weighted by Crippen LogP contribution is -2.19. The Morgan fingerprint density at radius 3 is 2.81 bits per heavy atom. The zero-order valence-corrected chi connectivity index (χ0v) is 16.6. The number of benzene rings is 1. The predicted octanol–water partition coefficient (Wildman–Crippen LogP) is 4.41. The Kier molecular flexibility index (Phi) is 5.43. The van der Waals surface area contributed by atoms with E-state index < -0.39 is 0 Å². The number of hydrogen-bond acceptors (Lipinski definition) is 7. The molecule has 8 heteroatoms. The maximum Gasteiger partial charge on any atom is 0.226 e. The van der Waals surface area contributed by atoms with E-state index in [9.17, 15) is 5.11 Å². The first-order valence-corrected chi connectivity index (χ1v) is 10.4. The summed E-state index contributed by atoms with van der Waals surface area (Å²) in [5, 5.41) is 17.3. The van der Waals surface area contributed by atoms with Crippen LogP contribution < -0.4 is 10.6 Å². The smallest absolute Gasteiger partial charge is 0.226 e. The summed E-state index contributed by atoms with van der Waals surface area (Å²) in [6, 6.07) is 8.28. The Bertz CT molecular complexity index is 914. The highest BCUT2D eigenvalue weighted by Crippen LogP contribution is 2.39. The fourth-order valence-corrected chi connectivity index (χ4v) is 4.84. The first kappa shape index (κ1) is 18.4. The predicted molar refractivity (Wildman–Crippen MR) is 112 cm³/mol. The summed E-state index contributed by atoms with van der Waals surface area (Å²) < 4.78 is 1.10. The average Bonchev–Trinajstić information content (AvgIpc) is 3.28. The van der Waals surface area contributed by atoms with Crippen LogP contribution in [-0.4, -0.2) is 39.3 Å². The molecule has 0 aliphatic heterocycles. The standard InChI is InChI=1S/C19H22ClN5OS/c1-2-21-19-24-16(20)15(18-23-13-5-3-4-6-14(13)27-18)17(25-19)22-12-8-7-11(9-12)10-26/h3-6,11-12,26H,2,7-10H2,1H3,(H2,21,22,24,25)/t11-,12+/m1/s1. The van der Waals surface area contributed by atoms with E-state index in [1.54, 1.807) is 11.3 Å². The van der Waals surface area contributed by atoms with E-state index in [1.807, 2.05) is 31.2 Å². The van der Waals surface area contributed by atoms with Crippen molar-refractivity contribution >= 4 is 44.9 Å². The molecule has 2 aromatic heterocycles. The molecular formula is C19H22ClN5OS. The minimum atomic E-state index is 0.232. The van der Waals surface area contributed by atoms with Crippen molar-refractivity contribution in [3.63, 3.8) is 0 Å². The van der Waals surface area contributed by atoms with Gasteiger partial charge in [-0.05, 0) is 44.2 Å². The number of aromatic nitrogens is 3. The molecule has 2 atom stereocenters. The Morgan fingerprint density at radius 1 is 1.22 bits per heavy atom. The monoisotopic (exact) mass is 403 g/mol. The number of rotatable bonds is 6. The second-order valence-corrected chi connectivity index (χ2v) is 8.17. The van der Waals surface area contributed by atoms with E-state index in [-0.39, 0.29) is 12.6 Å². The molecule has 3 N–H and O–H groups in total. The zero-order chi connectivity index (χ0) is 18.8. The van der Waals surface area contributed by atoms with E-state index in [1.165, 1.54) is 0 Å². The van der Waals surface area contributed by atoms with Gasteiger partial charge < -0.3 is 15.7 Å². The lowest BCUT2D eigenvalue weighted by molar-refractivity contribution is 0.229. The van der Waals surface area contributed by atoms with Gasteiger partial charge in [0.15, 0.2) is 0 Å². The van der Waals surface area contributed by atoms with Crippen molar-refractivity contribution in [1.82, 2.24) is 15.0 Å². The molecule has 2 heterocycles. The van der Waals surface area contributed by atoms with E-state index >= 15 is 0 Å². The van der Waals surface area contributed by atoms with Gasteiger partial charge in [0.05, 0.1) is 15.8 Å². The number of fused-ring (bicyclic) bond motifs is 1.